The molecule has 0 aliphatic heterocycles. The van der Waals surface area contributed by atoms with Crippen LogP contribution < -0.4 is 5.32 Å². The Morgan fingerprint density at radius 2 is 1.25 bits per heavy atom. The van der Waals surface area contributed by atoms with Crippen molar-refractivity contribution in [2.45, 2.75) is 0 Å². The van der Waals surface area contributed by atoms with Crippen LogP contribution in [0.15, 0.2) is 72.8 Å². The summed E-state index contributed by atoms with van der Waals surface area (Å²) in [6, 6.07) is 20.6. The Hall–Kier alpha value is -4.72. The molecule has 156 valence electrons. The van der Waals surface area contributed by atoms with Crippen LogP contribution in [0.25, 0.3) is 43.9 Å². The summed E-state index contributed by atoms with van der Waals surface area (Å²) < 4.78 is 1.82. The molecule has 0 atom stereocenters. The molecule has 0 saturated carbocycles. The van der Waals surface area contributed by atoms with Crippen LogP contribution in [0.5, 0.6) is 5.75 Å². The molecule has 0 radical (unpaired) electrons. The fourth-order valence-electron chi connectivity index (χ4n) is 4.29. The number of para-hydroxylation sites is 4. The van der Waals surface area contributed by atoms with Crippen molar-refractivity contribution in [1.82, 2.24) is 14.4 Å². The van der Waals surface area contributed by atoms with Crippen molar-refractivity contribution in [3.8, 4) is 5.75 Å². The minimum absolute atomic E-state index is 0.0330. The second-order valence-corrected chi connectivity index (χ2v) is 7.51. The number of nitrogens with zero attached hydrogens (tertiary/aromatic N) is 3. The average Bonchev–Trinajstić information content (AvgIpc) is 3.26. The van der Waals surface area contributed by atoms with Crippen molar-refractivity contribution in [1.29, 1.82) is 0 Å². The minimum Gasteiger partial charge on any atom is -0.506 e. The predicted octanol–water partition coefficient (Wildman–Crippen LogP) is 4.73. The summed E-state index contributed by atoms with van der Waals surface area (Å²) in [4.78, 5) is 18.3. The molecule has 4 N–H and O–H groups in total. The number of benzene rings is 3. The molecule has 32 heavy (non-hydrogen) atoms. The summed E-state index contributed by atoms with van der Waals surface area (Å²) in [7, 11) is 0. The zero-order valence-electron chi connectivity index (χ0n) is 16.5. The van der Waals surface area contributed by atoms with Crippen molar-refractivity contribution in [3.63, 3.8) is 0 Å². The topological polar surface area (TPSA) is 113 Å². The number of phenolic OH excluding ortho intramolecular Hbond substituents is 1. The third kappa shape index (κ3) is 2.31. The van der Waals surface area contributed by atoms with E-state index in [1.807, 2.05) is 24.3 Å². The lowest BCUT2D eigenvalue weighted by Gasteiger charge is -2.11. The molecule has 8 heteroatoms. The molecular weight excluding hydrogens is 408 g/mol. The highest BCUT2D eigenvalue weighted by Gasteiger charge is 2.27. The number of nitrogens with one attached hydrogen (secondary N) is 1. The lowest BCUT2D eigenvalue weighted by atomic mass is 10.1. The Morgan fingerprint density at radius 1 is 0.750 bits per heavy atom. The first-order valence-electron chi connectivity index (χ1n) is 9.90. The number of hydrogen-bond acceptors (Lipinski definition) is 5. The number of pyridine rings is 1. The summed E-state index contributed by atoms with van der Waals surface area (Å²) in [5.74, 6) is -0.711. The second-order valence-electron chi connectivity index (χ2n) is 7.51. The van der Waals surface area contributed by atoms with E-state index in [1.54, 1.807) is 42.5 Å². The maximum Gasteiger partial charge on any atom is 0.260 e. The average molecular weight is 424 g/mol. The van der Waals surface area contributed by atoms with Crippen molar-refractivity contribution < 1.29 is 20.3 Å². The second kappa shape index (κ2) is 6.39. The van der Waals surface area contributed by atoms with Gasteiger partial charge in [-0.05, 0) is 24.3 Å². The lowest BCUT2D eigenvalue weighted by Crippen LogP contribution is -2.15. The van der Waals surface area contributed by atoms with E-state index in [9.17, 15) is 20.3 Å². The highest BCUT2D eigenvalue weighted by atomic mass is 16.5. The van der Waals surface area contributed by atoms with Crippen LogP contribution in [-0.2, 0) is 0 Å². The molecule has 1 amide bonds. The Bertz CT molecular complexity index is 1620. The number of aromatic nitrogens is 3. The standard InChI is InChI=1S/C24H16N4O4/c29-18-12-6-3-9-15(18)25-24(30)19-22-20(13-7-1-4-10-16(13)27(22)31)26-21-14-8-2-5-11-17(14)28(32)23(19)21/h1-12,29,31-32H,(H,25,30). The van der Waals surface area contributed by atoms with Gasteiger partial charge in [-0.2, -0.15) is 9.46 Å². The first-order chi connectivity index (χ1) is 15.6. The van der Waals surface area contributed by atoms with Gasteiger partial charge in [-0.3, -0.25) is 4.79 Å². The summed E-state index contributed by atoms with van der Waals surface area (Å²) in [5, 5.41) is 36.1. The number of fused-ring (bicyclic) bond motifs is 6. The quantitative estimate of drug-likeness (QED) is 0.237. The molecule has 3 aromatic heterocycles. The number of carbonyl (C=O) groups excluding carboxylic acids is 1. The van der Waals surface area contributed by atoms with E-state index in [4.69, 9.17) is 4.98 Å². The van der Waals surface area contributed by atoms with E-state index >= 15 is 0 Å². The minimum atomic E-state index is -0.611. The van der Waals surface area contributed by atoms with Crippen molar-refractivity contribution >= 4 is 55.5 Å². The summed E-state index contributed by atoms with van der Waals surface area (Å²) >= 11 is 0. The lowest BCUT2D eigenvalue weighted by molar-refractivity contribution is 0.102. The summed E-state index contributed by atoms with van der Waals surface area (Å²) in [5.41, 5.74) is 2.36. The van der Waals surface area contributed by atoms with E-state index in [0.29, 0.717) is 32.8 Å². The van der Waals surface area contributed by atoms with Crippen LogP contribution in [0.3, 0.4) is 0 Å². The number of carbonyl (C=O) groups is 1. The zero-order chi connectivity index (χ0) is 22.0. The molecule has 0 aliphatic rings. The molecule has 6 rings (SSSR count). The van der Waals surface area contributed by atoms with Gasteiger partial charge in [-0.15, -0.1) is 0 Å². The van der Waals surface area contributed by atoms with E-state index in [0.717, 1.165) is 9.46 Å². The molecule has 8 nitrogen and oxygen atoms in total. The normalized spacial score (nSPS) is 11.6. The molecule has 0 fully saturated rings. The SMILES string of the molecule is O=C(Nc1ccccc1O)c1c2c(nc3c4ccccc4n(O)c13)c1ccccc1n2O. The molecule has 6 aromatic rings. The van der Waals surface area contributed by atoms with Gasteiger partial charge in [0.05, 0.1) is 22.3 Å². The fraction of sp³-hybridized carbons (Fsp3) is 0. The number of amides is 1. The van der Waals surface area contributed by atoms with E-state index < -0.39 is 5.91 Å². The van der Waals surface area contributed by atoms with Crippen molar-refractivity contribution in [2.24, 2.45) is 0 Å². The van der Waals surface area contributed by atoms with Gasteiger partial charge in [0.25, 0.3) is 5.91 Å². The molecule has 3 heterocycles. The molecule has 0 spiro atoms. The number of aromatic hydroxyl groups is 1. The molecule has 0 unspecified atom stereocenters. The van der Waals surface area contributed by atoms with Gasteiger partial charge in [0.1, 0.15) is 27.8 Å². The van der Waals surface area contributed by atoms with Crippen LogP contribution in [0.2, 0.25) is 0 Å². The maximum absolute atomic E-state index is 13.6. The Balaban J connectivity index is 1.78. The largest absolute Gasteiger partial charge is 0.506 e. The van der Waals surface area contributed by atoms with Gasteiger partial charge in [-0.1, -0.05) is 48.5 Å². The van der Waals surface area contributed by atoms with Gasteiger partial charge in [-0.25, -0.2) is 4.98 Å². The Morgan fingerprint density at radius 3 is 1.81 bits per heavy atom. The van der Waals surface area contributed by atoms with Gasteiger partial charge in [0.2, 0.25) is 0 Å². The fourth-order valence-corrected chi connectivity index (χ4v) is 4.29. The highest BCUT2D eigenvalue weighted by molar-refractivity contribution is 6.26. The molecule has 0 saturated heterocycles. The molecular formula is C24H16N4O4. The van der Waals surface area contributed by atoms with E-state index in [2.05, 4.69) is 5.32 Å². The Kier molecular flexibility index (Phi) is 3.61. The molecule has 0 bridgehead atoms. The number of hydrogen-bond donors (Lipinski definition) is 4. The first-order valence-corrected chi connectivity index (χ1v) is 9.90. The highest BCUT2D eigenvalue weighted by Crippen LogP contribution is 2.37. The van der Waals surface area contributed by atoms with E-state index in [-0.39, 0.29) is 28.0 Å². The monoisotopic (exact) mass is 424 g/mol. The molecule has 0 aliphatic carbocycles. The predicted molar refractivity (Wildman–Crippen MR) is 121 cm³/mol. The van der Waals surface area contributed by atoms with Crippen LogP contribution in [-0.4, -0.2) is 35.9 Å². The summed E-state index contributed by atoms with van der Waals surface area (Å²) in [6.45, 7) is 0. The number of anilines is 1. The first kappa shape index (κ1) is 18.1. The van der Waals surface area contributed by atoms with Gasteiger partial charge in [0, 0.05) is 10.8 Å². The van der Waals surface area contributed by atoms with Gasteiger partial charge >= 0.3 is 0 Å². The van der Waals surface area contributed by atoms with E-state index in [1.165, 1.54) is 6.07 Å². The van der Waals surface area contributed by atoms with Crippen LogP contribution in [0.1, 0.15) is 10.4 Å². The van der Waals surface area contributed by atoms with Gasteiger partial charge < -0.3 is 20.8 Å². The third-order valence-corrected chi connectivity index (χ3v) is 5.72. The summed E-state index contributed by atoms with van der Waals surface area (Å²) in [6.07, 6.45) is 0. The molecule has 3 aromatic carbocycles. The maximum atomic E-state index is 13.6. The van der Waals surface area contributed by atoms with Crippen LogP contribution >= 0.6 is 0 Å². The van der Waals surface area contributed by atoms with Crippen LogP contribution in [0, 0.1) is 0 Å². The van der Waals surface area contributed by atoms with Crippen molar-refractivity contribution in [3.05, 3.63) is 78.4 Å². The van der Waals surface area contributed by atoms with Crippen molar-refractivity contribution in [2.75, 3.05) is 5.32 Å². The number of rotatable bonds is 2. The van der Waals surface area contributed by atoms with Crippen LogP contribution in [0.4, 0.5) is 5.69 Å². The van der Waals surface area contributed by atoms with Gasteiger partial charge in [0.15, 0.2) is 0 Å². The third-order valence-electron chi connectivity index (χ3n) is 5.72. The smallest absolute Gasteiger partial charge is 0.260 e. The Labute approximate surface area is 180 Å². The number of phenols is 1. The zero-order valence-corrected chi connectivity index (χ0v) is 16.5.